The highest BCUT2D eigenvalue weighted by Crippen LogP contribution is 2.39. The van der Waals surface area contributed by atoms with Crippen LogP contribution in [0.25, 0.3) is 0 Å². The number of ether oxygens (including phenoxy) is 6. The first-order valence-corrected chi connectivity index (χ1v) is 11.7. The Kier molecular flexibility index (Phi) is 13.1. The van der Waals surface area contributed by atoms with Gasteiger partial charge in [0.25, 0.3) is 5.91 Å². The number of methoxy groups -OCH3 is 2. The quantitative estimate of drug-likeness (QED) is 0.284. The number of carbonyl (C=O) groups is 1. The molecule has 2 rings (SSSR count). The minimum atomic E-state index is -0.595. The molecule has 0 bridgehead atoms. The minimum Gasteiger partial charge on any atom is -0.459 e. The van der Waals surface area contributed by atoms with E-state index in [0.717, 1.165) is 5.56 Å². The van der Waals surface area contributed by atoms with Crippen LogP contribution in [0.4, 0.5) is 0 Å². The van der Waals surface area contributed by atoms with Crippen LogP contribution in [-0.4, -0.2) is 95.9 Å². The Morgan fingerprint density at radius 3 is 2.38 bits per heavy atom. The van der Waals surface area contributed by atoms with Crippen molar-refractivity contribution in [2.24, 2.45) is 5.92 Å². The molecule has 0 aliphatic carbocycles. The first-order valence-electron chi connectivity index (χ1n) is 11.7. The maximum Gasteiger partial charge on any atom is 0.288 e. The largest absolute Gasteiger partial charge is 0.459 e. The van der Waals surface area contributed by atoms with Gasteiger partial charge in [-0.15, -0.1) is 0 Å². The van der Waals surface area contributed by atoms with Crippen molar-refractivity contribution in [1.29, 1.82) is 0 Å². The Morgan fingerprint density at radius 1 is 1.09 bits per heavy atom. The van der Waals surface area contributed by atoms with Gasteiger partial charge >= 0.3 is 0 Å². The molecule has 0 fully saturated rings. The number of rotatable bonds is 16. The highest BCUT2D eigenvalue weighted by Gasteiger charge is 2.38. The molecule has 1 amide bonds. The molecule has 0 unspecified atom stereocenters. The summed E-state index contributed by atoms with van der Waals surface area (Å²) in [7, 11) is 4.75. The fourth-order valence-corrected chi connectivity index (χ4v) is 3.83. The third kappa shape index (κ3) is 8.65. The third-order valence-corrected chi connectivity index (χ3v) is 5.61. The van der Waals surface area contributed by atoms with Crippen molar-refractivity contribution in [3.8, 4) is 0 Å². The van der Waals surface area contributed by atoms with Gasteiger partial charge in [0.15, 0.2) is 12.0 Å². The van der Waals surface area contributed by atoms with E-state index in [1.54, 1.807) is 7.05 Å². The second-order valence-corrected chi connectivity index (χ2v) is 7.90. The molecular formula is C25H39NO8. The highest BCUT2D eigenvalue weighted by atomic mass is 16.7. The number of nitrogens with zero attached hydrogens (tertiary/aromatic N) is 1. The van der Waals surface area contributed by atoms with E-state index < -0.39 is 12.6 Å². The zero-order valence-electron chi connectivity index (χ0n) is 20.7. The standard InChI is InChI=1S/C25H39NO8/c1-5-33-25-20(11-13-31-15-16-32-14-12-27)21(19-9-7-6-8-10-19)17-22(34-25)24(28)26(2)18-23(29-3)30-4/h6-10,17,20-21,23,25,27H,5,11-16,18H2,1-4H3/t20-,21-,25-/m1/s1. The van der Waals surface area contributed by atoms with E-state index in [-0.39, 0.29) is 36.7 Å². The van der Waals surface area contributed by atoms with Crippen molar-refractivity contribution in [1.82, 2.24) is 4.90 Å². The molecule has 192 valence electrons. The smallest absolute Gasteiger partial charge is 0.288 e. The molecule has 34 heavy (non-hydrogen) atoms. The molecule has 0 saturated heterocycles. The Labute approximate surface area is 202 Å². The summed E-state index contributed by atoms with van der Waals surface area (Å²) in [4.78, 5) is 14.7. The summed E-state index contributed by atoms with van der Waals surface area (Å²) >= 11 is 0. The molecular weight excluding hydrogens is 442 g/mol. The maximum atomic E-state index is 13.2. The maximum absolute atomic E-state index is 13.2. The molecule has 1 aromatic rings. The van der Waals surface area contributed by atoms with Crippen LogP contribution in [0.1, 0.15) is 24.8 Å². The second kappa shape index (κ2) is 15.8. The van der Waals surface area contributed by atoms with Crippen molar-refractivity contribution in [3.05, 3.63) is 47.7 Å². The van der Waals surface area contributed by atoms with E-state index in [9.17, 15) is 4.79 Å². The molecule has 1 N–H and O–H groups in total. The first kappa shape index (κ1) is 28.2. The summed E-state index contributed by atoms with van der Waals surface area (Å²) in [5.74, 6) is -0.155. The van der Waals surface area contributed by atoms with Crippen LogP contribution in [0, 0.1) is 5.92 Å². The lowest BCUT2D eigenvalue weighted by Crippen LogP contribution is -2.42. The van der Waals surface area contributed by atoms with E-state index in [1.165, 1.54) is 19.1 Å². The molecule has 3 atom stereocenters. The number of aliphatic hydroxyl groups excluding tert-OH is 1. The average Bonchev–Trinajstić information content (AvgIpc) is 2.87. The average molecular weight is 482 g/mol. The summed E-state index contributed by atoms with van der Waals surface area (Å²) in [6, 6.07) is 10.0. The molecule has 0 radical (unpaired) electrons. The third-order valence-electron chi connectivity index (χ3n) is 5.61. The van der Waals surface area contributed by atoms with Crippen molar-refractivity contribution in [2.45, 2.75) is 31.8 Å². The Bertz CT molecular complexity index is 725. The van der Waals surface area contributed by atoms with Gasteiger partial charge in [-0.05, 0) is 25.0 Å². The van der Waals surface area contributed by atoms with Gasteiger partial charge in [0, 0.05) is 46.3 Å². The lowest BCUT2D eigenvalue weighted by molar-refractivity contribution is -0.174. The fourth-order valence-electron chi connectivity index (χ4n) is 3.83. The van der Waals surface area contributed by atoms with Gasteiger partial charge in [-0.3, -0.25) is 4.79 Å². The van der Waals surface area contributed by atoms with E-state index in [2.05, 4.69) is 0 Å². The second-order valence-electron chi connectivity index (χ2n) is 7.90. The number of amides is 1. The molecule has 1 aliphatic rings. The van der Waals surface area contributed by atoms with Crippen LogP contribution >= 0.6 is 0 Å². The summed E-state index contributed by atoms with van der Waals surface area (Å²) in [5.41, 5.74) is 1.08. The molecule has 0 aromatic heterocycles. The molecule has 1 heterocycles. The van der Waals surface area contributed by atoms with Gasteiger partial charge in [-0.2, -0.15) is 0 Å². The molecule has 9 heteroatoms. The normalized spacial score (nSPS) is 20.2. The SMILES string of the molecule is CCO[C@@H]1OC(C(=O)N(C)CC(OC)OC)=C[C@H](c2ccccc2)[C@H]1CCOCCOCCO. The van der Waals surface area contributed by atoms with Gasteiger partial charge in [0.1, 0.15) is 0 Å². The number of allylic oxidation sites excluding steroid dienone is 1. The zero-order chi connectivity index (χ0) is 24.8. The van der Waals surface area contributed by atoms with Crippen LogP contribution in [-0.2, 0) is 33.2 Å². The van der Waals surface area contributed by atoms with Gasteiger partial charge in [0.05, 0.1) is 33.0 Å². The topological polar surface area (TPSA) is 95.9 Å². The van der Waals surface area contributed by atoms with Gasteiger partial charge < -0.3 is 38.4 Å². The van der Waals surface area contributed by atoms with Crippen molar-refractivity contribution >= 4 is 5.91 Å². The number of carbonyl (C=O) groups excluding carboxylic acids is 1. The van der Waals surface area contributed by atoms with Crippen LogP contribution in [0.5, 0.6) is 0 Å². The van der Waals surface area contributed by atoms with E-state index >= 15 is 0 Å². The fraction of sp³-hybridized carbons (Fsp3) is 0.640. The minimum absolute atomic E-state index is 0.00558. The van der Waals surface area contributed by atoms with Crippen molar-refractivity contribution in [2.75, 3.05) is 67.5 Å². The molecule has 0 spiro atoms. The van der Waals surface area contributed by atoms with Crippen molar-refractivity contribution < 1.29 is 38.3 Å². The van der Waals surface area contributed by atoms with Crippen molar-refractivity contribution in [3.63, 3.8) is 0 Å². The number of hydrogen-bond acceptors (Lipinski definition) is 8. The molecule has 1 aliphatic heterocycles. The monoisotopic (exact) mass is 481 g/mol. The van der Waals surface area contributed by atoms with Gasteiger partial charge in [0.2, 0.25) is 6.29 Å². The molecule has 1 aromatic carbocycles. The van der Waals surface area contributed by atoms with E-state index in [0.29, 0.717) is 39.5 Å². The Morgan fingerprint density at radius 2 is 1.76 bits per heavy atom. The van der Waals surface area contributed by atoms with E-state index in [1.807, 2.05) is 43.3 Å². The summed E-state index contributed by atoms with van der Waals surface area (Å²) in [6.45, 7) is 4.26. The lowest BCUT2D eigenvalue weighted by atomic mass is 9.81. The lowest BCUT2D eigenvalue weighted by Gasteiger charge is -2.37. The van der Waals surface area contributed by atoms with Gasteiger partial charge in [-0.25, -0.2) is 0 Å². The predicted octanol–water partition coefficient (Wildman–Crippen LogP) is 2.16. The molecule has 9 nitrogen and oxygen atoms in total. The van der Waals surface area contributed by atoms with Crippen LogP contribution < -0.4 is 0 Å². The summed E-state index contributed by atoms with van der Waals surface area (Å²) in [5, 5.41) is 8.78. The summed E-state index contributed by atoms with van der Waals surface area (Å²) < 4.78 is 33.5. The number of hydrogen-bond donors (Lipinski definition) is 1. The predicted molar refractivity (Wildman–Crippen MR) is 126 cm³/mol. The van der Waals surface area contributed by atoms with Gasteiger partial charge in [-0.1, -0.05) is 30.3 Å². The highest BCUT2D eigenvalue weighted by molar-refractivity contribution is 5.91. The van der Waals surface area contributed by atoms with Crippen LogP contribution in [0.3, 0.4) is 0 Å². The van der Waals surface area contributed by atoms with Crippen LogP contribution in [0.15, 0.2) is 42.2 Å². The number of benzene rings is 1. The Hall–Kier alpha value is -2.01. The Balaban J connectivity index is 2.18. The van der Waals surface area contributed by atoms with Crippen LogP contribution in [0.2, 0.25) is 0 Å². The molecule has 0 saturated carbocycles. The number of likely N-dealkylation sites (N-methyl/N-ethyl adjacent to an activating group) is 1. The first-order chi connectivity index (χ1) is 16.5. The van der Waals surface area contributed by atoms with E-state index in [4.69, 9.17) is 33.5 Å². The number of aliphatic hydroxyl groups is 1. The summed E-state index contributed by atoms with van der Waals surface area (Å²) in [6.07, 6.45) is 1.43. The zero-order valence-corrected chi connectivity index (χ0v) is 20.7.